The molecule has 7 heteroatoms. The Bertz CT molecular complexity index is 566. The Morgan fingerprint density at radius 1 is 1.38 bits per heavy atom. The third-order valence-electron chi connectivity index (χ3n) is 4.43. The summed E-state index contributed by atoms with van der Waals surface area (Å²) in [6.45, 7) is 2.01. The third kappa shape index (κ3) is 2.77. The lowest BCUT2D eigenvalue weighted by Crippen LogP contribution is -2.57. The summed E-state index contributed by atoms with van der Waals surface area (Å²) in [6.07, 6.45) is 4.83. The van der Waals surface area contributed by atoms with Gasteiger partial charge in [-0.05, 0) is 31.6 Å². The van der Waals surface area contributed by atoms with Crippen LogP contribution in [0.5, 0.6) is 0 Å². The van der Waals surface area contributed by atoms with Gasteiger partial charge in [-0.2, -0.15) is 0 Å². The minimum atomic E-state index is -1.19. The molecular weight excluding hydrogens is 272 g/mol. The second kappa shape index (κ2) is 5.13. The maximum atomic E-state index is 12.3. The van der Waals surface area contributed by atoms with Crippen LogP contribution >= 0.6 is 0 Å². The fraction of sp³-hybridized carbons (Fsp3) is 0.714. The zero-order valence-electron chi connectivity index (χ0n) is 12.1. The molecule has 0 bridgehead atoms. The van der Waals surface area contributed by atoms with Crippen molar-refractivity contribution in [3.05, 3.63) is 11.6 Å². The van der Waals surface area contributed by atoms with Crippen molar-refractivity contribution in [3.8, 4) is 0 Å². The molecule has 7 nitrogen and oxygen atoms in total. The van der Waals surface area contributed by atoms with Crippen molar-refractivity contribution in [2.24, 2.45) is 5.92 Å². The molecule has 2 fully saturated rings. The minimum absolute atomic E-state index is 0.0377. The van der Waals surface area contributed by atoms with Gasteiger partial charge >= 0.3 is 5.97 Å². The number of amides is 1. The summed E-state index contributed by atoms with van der Waals surface area (Å²) in [6, 6.07) is 0. The summed E-state index contributed by atoms with van der Waals surface area (Å²) in [4.78, 5) is 28.1. The molecule has 1 amide bonds. The van der Waals surface area contributed by atoms with Gasteiger partial charge in [-0.1, -0.05) is 19.8 Å². The highest BCUT2D eigenvalue weighted by atomic mass is 16.4. The van der Waals surface area contributed by atoms with Gasteiger partial charge in [-0.25, -0.2) is 9.78 Å². The fourth-order valence-electron chi connectivity index (χ4n) is 3.10. The molecule has 2 atom stereocenters. The molecule has 1 aromatic heterocycles. The van der Waals surface area contributed by atoms with Crippen LogP contribution in [0.4, 0.5) is 0 Å². The van der Waals surface area contributed by atoms with Crippen LogP contribution in [0.2, 0.25) is 0 Å². The van der Waals surface area contributed by atoms with Crippen molar-refractivity contribution in [3.63, 3.8) is 0 Å². The molecule has 0 aromatic carbocycles. The molecule has 1 aromatic rings. The summed E-state index contributed by atoms with van der Waals surface area (Å²) in [7, 11) is 0. The number of hydrogen-bond acceptors (Lipinski definition) is 4. The topological polar surface area (TPSA) is 108 Å². The van der Waals surface area contributed by atoms with E-state index >= 15 is 0 Å². The molecule has 2 saturated carbocycles. The monoisotopic (exact) mass is 292 g/mol. The molecule has 2 unspecified atom stereocenters. The Morgan fingerprint density at radius 2 is 2.14 bits per heavy atom. The molecule has 3 rings (SSSR count). The van der Waals surface area contributed by atoms with E-state index in [1.54, 1.807) is 0 Å². The van der Waals surface area contributed by atoms with Crippen molar-refractivity contribution >= 4 is 11.9 Å². The first-order chi connectivity index (χ1) is 10.00. The van der Waals surface area contributed by atoms with Gasteiger partial charge in [0, 0.05) is 5.92 Å². The van der Waals surface area contributed by atoms with Crippen LogP contribution in [0, 0.1) is 5.92 Å². The van der Waals surface area contributed by atoms with Crippen molar-refractivity contribution < 1.29 is 14.7 Å². The number of aromatic amines is 1. The highest BCUT2D eigenvalue weighted by Crippen LogP contribution is 2.38. The number of carboxylic acids is 1. The predicted molar refractivity (Wildman–Crippen MR) is 73.8 cm³/mol. The lowest BCUT2D eigenvalue weighted by molar-refractivity contribution is -0.146. The highest BCUT2D eigenvalue weighted by Gasteiger charge is 2.44. The van der Waals surface area contributed by atoms with E-state index in [2.05, 4.69) is 20.5 Å². The van der Waals surface area contributed by atoms with E-state index < -0.39 is 17.4 Å². The first-order valence-electron chi connectivity index (χ1n) is 7.48. The Hall–Kier alpha value is -1.92. The summed E-state index contributed by atoms with van der Waals surface area (Å²) < 4.78 is 0. The highest BCUT2D eigenvalue weighted by molar-refractivity contribution is 5.95. The van der Waals surface area contributed by atoms with Crippen molar-refractivity contribution in [2.45, 2.75) is 56.9 Å². The van der Waals surface area contributed by atoms with Crippen LogP contribution < -0.4 is 5.32 Å². The number of aromatic nitrogens is 3. The molecule has 0 radical (unpaired) electrons. The van der Waals surface area contributed by atoms with E-state index in [0.29, 0.717) is 18.8 Å². The van der Waals surface area contributed by atoms with Gasteiger partial charge in [0.2, 0.25) is 5.82 Å². The number of carbonyl (C=O) groups is 2. The molecular formula is C14H20N4O3. The Balaban J connectivity index is 1.75. The molecule has 2 aliphatic rings. The molecule has 0 saturated heterocycles. The molecule has 0 aliphatic heterocycles. The van der Waals surface area contributed by atoms with Gasteiger partial charge in [-0.15, -0.1) is 5.10 Å². The van der Waals surface area contributed by atoms with E-state index in [0.717, 1.165) is 31.5 Å². The first-order valence-corrected chi connectivity index (χ1v) is 7.48. The molecule has 3 N–H and O–H groups in total. The number of nitrogens with zero attached hydrogens (tertiary/aromatic N) is 2. The van der Waals surface area contributed by atoms with Crippen LogP contribution in [-0.4, -0.2) is 37.7 Å². The second-order valence-electron chi connectivity index (χ2n) is 6.36. The van der Waals surface area contributed by atoms with Crippen LogP contribution in [0.15, 0.2) is 0 Å². The number of hydrogen-bond donors (Lipinski definition) is 3. The van der Waals surface area contributed by atoms with Crippen LogP contribution in [0.3, 0.4) is 0 Å². The van der Waals surface area contributed by atoms with E-state index in [-0.39, 0.29) is 11.7 Å². The van der Waals surface area contributed by atoms with E-state index in [1.807, 2.05) is 6.92 Å². The summed E-state index contributed by atoms with van der Waals surface area (Å²) in [5.41, 5.74) is -1.19. The number of carbonyl (C=O) groups excluding carboxylic acids is 1. The summed E-state index contributed by atoms with van der Waals surface area (Å²) >= 11 is 0. The number of rotatable bonds is 4. The molecule has 0 spiro atoms. The van der Waals surface area contributed by atoms with Gasteiger partial charge in [0.25, 0.3) is 5.91 Å². The normalized spacial score (nSPS) is 29.1. The number of nitrogens with one attached hydrogen (secondary N) is 2. The Morgan fingerprint density at radius 3 is 2.76 bits per heavy atom. The SMILES string of the molecule is CC1CCCC(NC(=O)c2n[nH]c(C3CC3)n2)(C(=O)O)C1. The summed E-state index contributed by atoms with van der Waals surface area (Å²) in [5.74, 6) is -0.0567. The van der Waals surface area contributed by atoms with Crippen LogP contribution in [0.1, 0.15) is 67.8 Å². The van der Waals surface area contributed by atoms with E-state index in [1.165, 1.54) is 0 Å². The Labute approximate surface area is 122 Å². The van der Waals surface area contributed by atoms with E-state index in [4.69, 9.17) is 0 Å². The molecule has 2 aliphatic carbocycles. The average Bonchev–Trinajstić information content (AvgIpc) is 3.16. The minimum Gasteiger partial charge on any atom is -0.480 e. The van der Waals surface area contributed by atoms with Gasteiger partial charge in [-0.3, -0.25) is 9.89 Å². The molecule has 21 heavy (non-hydrogen) atoms. The fourth-order valence-corrected chi connectivity index (χ4v) is 3.10. The predicted octanol–water partition coefficient (Wildman–Crippen LogP) is 1.45. The number of carboxylic acid groups (broad SMARTS) is 1. The lowest BCUT2D eigenvalue weighted by Gasteiger charge is -2.36. The second-order valence-corrected chi connectivity index (χ2v) is 6.36. The van der Waals surface area contributed by atoms with Crippen molar-refractivity contribution in [1.29, 1.82) is 0 Å². The Kier molecular flexibility index (Phi) is 3.43. The largest absolute Gasteiger partial charge is 0.480 e. The quantitative estimate of drug-likeness (QED) is 0.778. The first kappa shape index (κ1) is 14.0. The van der Waals surface area contributed by atoms with Crippen LogP contribution in [-0.2, 0) is 4.79 Å². The zero-order valence-corrected chi connectivity index (χ0v) is 12.1. The average molecular weight is 292 g/mol. The molecule has 114 valence electrons. The van der Waals surface area contributed by atoms with Crippen molar-refractivity contribution in [2.75, 3.05) is 0 Å². The van der Waals surface area contributed by atoms with Gasteiger partial charge in [0.05, 0.1) is 0 Å². The standard InChI is InChI=1S/C14H20N4O3/c1-8-3-2-6-14(7-8,13(20)21)16-12(19)11-15-10(17-18-11)9-4-5-9/h8-9H,2-7H2,1H3,(H,16,19)(H,20,21)(H,15,17,18). The number of aliphatic carboxylic acids is 1. The van der Waals surface area contributed by atoms with Crippen LogP contribution in [0.25, 0.3) is 0 Å². The van der Waals surface area contributed by atoms with E-state index in [9.17, 15) is 14.7 Å². The maximum absolute atomic E-state index is 12.3. The third-order valence-corrected chi connectivity index (χ3v) is 4.43. The van der Waals surface area contributed by atoms with Gasteiger partial charge in [0.15, 0.2) is 0 Å². The van der Waals surface area contributed by atoms with Gasteiger partial charge < -0.3 is 10.4 Å². The lowest BCUT2D eigenvalue weighted by atomic mass is 9.76. The van der Waals surface area contributed by atoms with Crippen molar-refractivity contribution in [1.82, 2.24) is 20.5 Å². The maximum Gasteiger partial charge on any atom is 0.329 e. The summed E-state index contributed by atoms with van der Waals surface area (Å²) in [5, 5.41) is 18.9. The van der Waals surface area contributed by atoms with Gasteiger partial charge in [0.1, 0.15) is 11.4 Å². The smallest absolute Gasteiger partial charge is 0.329 e. The molecule has 1 heterocycles. The number of H-pyrrole nitrogens is 1. The zero-order chi connectivity index (χ0) is 15.0.